The van der Waals surface area contributed by atoms with E-state index in [1.165, 1.54) is 13.0 Å². The van der Waals surface area contributed by atoms with Gasteiger partial charge in [0.1, 0.15) is 11.9 Å². The highest BCUT2D eigenvalue weighted by Gasteiger charge is 2.16. The Hall–Kier alpha value is -2.44. The van der Waals surface area contributed by atoms with Gasteiger partial charge < -0.3 is 15.7 Å². The van der Waals surface area contributed by atoms with Crippen LogP contribution >= 0.6 is 0 Å². The molecule has 7 heteroatoms. The molecule has 0 heterocycles. The normalized spacial score (nSPS) is 11.5. The number of carbonyl (C=O) groups excluding carboxylic acids is 2. The molecule has 6 nitrogen and oxygen atoms in total. The first-order valence-electron chi connectivity index (χ1n) is 6.42. The minimum Gasteiger partial charge on any atom is -0.481 e. The number of rotatable bonds is 7. The maximum absolute atomic E-state index is 13.4. The zero-order chi connectivity index (χ0) is 15.8. The molecule has 0 aromatic heterocycles. The molecule has 0 fully saturated rings. The van der Waals surface area contributed by atoms with Gasteiger partial charge in [0.15, 0.2) is 0 Å². The average molecular weight is 296 g/mol. The van der Waals surface area contributed by atoms with Crippen LogP contribution in [0.5, 0.6) is 0 Å². The second-order valence-electron chi connectivity index (χ2n) is 4.49. The Labute approximate surface area is 121 Å². The summed E-state index contributed by atoms with van der Waals surface area (Å²) in [6, 6.07) is 5.22. The molecule has 0 bridgehead atoms. The smallest absolute Gasteiger partial charge is 0.303 e. The lowest BCUT2D eigenvalue weighted by Gasteiger charge is -2.14. The predicted molar refractivity (Wildman–Crippen MR) is 72.7 cm³/mol. The number of hydrogen-bond acceptors (Lipinski definition) is 3. The molecule has 0 radical (unpaired) electrons. The zero-order valence-electron chi connectivity index (χ0n) is 11.6. The third kappa shape index (κ3) is 6.03. The number of halogens is 1. The van der Waals surface area contributed by atoms with Gasteiger partial charge in [0.25, 0.3) is 0 Å². The van der Waals surface area contributed by atoms with Gasteiger partial charge in [-0.3, -0.25) is 14.4 Å². The second kappa shape index (κ2) is 7.98. The van der Waals surface area contributed by atoms with Crippen LogP contribution in [0.4, 0.5) is 4.39 Å². The number of nitrogens with one attached hydrogen (secondary N) is 2. The van der Waals surface area contributed by atoms with Gasteiger partial charge in [0, 0.05) is 18.5 Å². The van der Waals surface area contributed by atoms with E-state index >= 15 is 0 Å². The lowest BCUT2D eigenvalue weighted by Crippen LogP contribution is -2.44. The first kappa shape index (κ1) is 16.6. The predicted octanol–water partition coefficient (Wildman–Crippen LogP) is 0.811. The lowest BCUT2D eigenvalue weighted by atomic mass is 10.2. The monoisotopic (exact) mass is 296 g/mol. The van der Waals surface area contributed by atoms with Crippen molar-refractivity contribution in [3.63, 3.8) is 0 Å². The molecule has 0 saturated carbocycles. The van der Waals surface area contributed by atoms with Crippen LogP contribution in [-0.2, 0) is 20.9 Å². The van der Waals surface area contributed by atoms with E-state index in [2.05, 4.69) is 10.6 Å². The van der Waals surface area contributed by atoms with E-state index < -0.39 is 29.6 Å². The van der Waals surface area contributed by atoms with Crippen LogP contribution in [0.15, 0.2) is 24.3 Å². The molecule has 1 atom stereocenters. The molecule has 0 spiro atoms. The third-order valence-corrected chi connectivity index (χ3v) is 2.75. The molecule has 0 aliphatic heterocycles. The summed E-state index contributed by atoms with van der Waals surface area (Å²) in [4.78, 5) is 33.4. The van der Waals surface area contributed by atoms with E-state index in [1.54, 1.807) is 18.2 Å². The summed E-state index contributed by atoms with van der Waals surface area (Å²) in [5.74, 6) is -2.49. The SMILES string of the molecule is CC(NC(=O)CCC(=O)O)C(=O)NCc1ccccc1F. The number of hydrogen-bond donors (Lipinski definition) is 3. The Morgan fingerprint density at radius 1 is 1.24 bits per heavy atom. The van der Waals surface area contributed by atoms with Gasteiger partial charge in [-0.15, -0.1) is 0 Å². The second-order valence-corrected chi connectivity index (χ2v) is 4.49. The van der Waals surface area contributed by atoms with E-state index in [1.807, 2.05) is 0 Å². The molecule has 0 saturated heterocycles. The van der Waals surface area contributed by atoms with E-state index in [0.717, 1.165) is 0 Å². The van der Waals surface area contributed by atoms with Gasteiger partial charge in [-0.25, -0.2) is 4.39 Å². The van der Waals surface area contributed by atoms with Crippen molar-refractivity contribution in [2.24, 2.45) is 0 Å². The van der Waals surface area contributed by atoms with Crippen molar-refractivity contribution < 1.29 is 23.9 Å². The molecule has 114 valence electrons. The Kier molecular flexibility index (Phi) is 6.32. The average Bonchev–Trinajstić information content (AvgIpc) is 2.43. The molecule has 3 N–H and O–H groups in total. The zero-order valence-corrected chi connectivity index (χ0v) is 11.6. The molecule has 1 aromatic carbocycles. The minimum atomic E-state index is -1.08. The van der Waals surface area contributed by atoms with Crippen molar-refractivity contribution in [1.29, 1.82) is 0 Å². The summed E-state index contributed by atoms with van der Waals surface area (Å²) < 4.78 is 13.4. The van der Waals surface area contributed by atoms with Crippen molar-refractivity contribution in [2.75, 3.05) is 0 Å². The summed E-state index contributed by atoms with van der Waals surface area (Å²) in [6.07, 6.45) is -0.490. The van der Waals surface area contributed by atoms with E-state index in [9.17, 15) is 18.8 Å². The Morgan fingerprint density at radius 3 is 2.52 bits per heavy atom. The molecule has 1 rings (SSSR count). The van der Waals surface area contributed by atoms with Gasteiger partial charge in [-0.2, -0.15) is 0 Å². The Bertz CT molecular complexity index is 533. The first-order chi connectivity index (χ1) is 9.90. The topological polar surface area (TPSA) is 95.5 Å². The lowest BCUT2D eigenvalue weighted by molar-refractivity contribution is -0.139. The van der Waals surface area contributed by atoms with Gasteiger partial charge in [-0.1, -0.05) is 18.2 Å². The molecule has 0 aliphatic rings. The molecule has 2 amide bonds. The fourth-order valence-electron chi connectivity index (χ4n) is 1.58. The summed E-state index contributed by atoms with van der Waals surface area (Å²) >= 11 is 0. The highest BCUT2D eigenvalue weighted by molar-refractivity contribution is 5.88. The quantitative estimate of drug-likeness (QED) is 0.694. The van der Waals surface area contributed by atoms with Gasteiger partial charge in [0.2, 0.25) is 11.8 Å². The molecule has 0 aliphatic carbocycles. The molecule has 1 unspecified atom stereocenters. The van der Waals surface area contributed by atoms with Crippen LogP contribution in [-0.4, -0.2) is 28.9 Å². The highest BCUT2D eigenvalue weighted by Crippen LogP contribution is 2.05. The van der Waals surface area contributed by atoms with Crippen molar-refractivity contribution >= 4 is 17.8 Å². The van der Waals surface area contributed by atoms with E-state index in [0.29, 0.717) is 5.56 Å². The van der Waals surface area contributed by atoms with Gasteiger partial charge >= 0.3 is 5.97 Å². The van der Waals surface area contributed by atoms with Crippen LogP contribution in [0, 0.1) is 5.82 Å². The van der Waals surface area contributed by atoms with Crippen molar-refractivity contribution in [3.05, 3.63) is 35.6 Å². The number of benzene rings is 1. The fraction of sp³-hybridized carbons (Fsp3) is 0.357. The maximum atomic E-state index is 13.4. The summed E-state index contributed by atoms with van der Waals surface area (Å²) in [6.45, 7) is 1.48. The van der Waals surface area contributed by atoms with Gasteiger partial charge in [0.05, 0.1) is 6.42 Å². The summed E-state index contributed by atoms with van der Waals surface area (Å²) in [5.41, 5.74) is 0.343. The number of carboxylic acids is 1. The standard InChI is InChI=1S/C14H17FN2O4/c1-9(17-12(18)6-7-13(19)20)14(21)16-8-10-4-2-3-5-11(10)15/h2-5,9H,6-8H2,1H3,(H,16,21)(H,17,18)(H,19,20). The van der Waals surface area contributed by atoms with E-state index in [4.69, 9.17) is 5.11 Å². The molecular weight excluding hydrogens is 279 g/mol. The molecule has 21 heavy (non-hydrogen) atoms. The fourth-order valence-corrected chi connectivity index (χ4v) is 1.58. The van der Waals surface area contributed by atoms with Crippen LogP contribution in [0.25, 0.3) is 0 Å². The largest absolute Gasteiger partial charge is 0.481 e. The summed E-state index contributed by atoms with van der Waals surface area (Å²) in [5, 5.41) is 13.3. The van der Waals surface area contributed by atoms with Crippen LogP contribution in [0.2, 0.25) is 0 Å². The minimum absolute atomic E-state index is 0.0147. The number of carboxylic acid groups (broad SMARTS) is 1. The number of amides is 2. The number of aliphatic carboxylic acids is 1. The maximum Gasteiger partial charge on any atom is 0.303 e. The molecular formula is C14H17FN2O4. The number of carbonyl (C=O) groups is 3. The third-order valence-electron chi connectivity index (χ3n) is 2.75. The van der Waals surface area contributed by atoms with Crippen molar-refractivity contribution in [2.45, 2.75) is 32.4 Å². The van der Waals surface area contributed by atoms with Gasteiger partial charge in [-0.05, 0) is 13.0 Å². The Morgan fingerprint density at radius 2 is 1.90 bits per heavy atom. The van der Waals surface area contributed by atoms with Crippen LogP contribution < -0.4 is 10.6 Å². The Balaban J connectivity index is 2.39. The van der Waals surface area contributed by atoms with Crippen molar-refractivity contribution in [1.82, 2.24) is 10.6 Å². The molecule has 1 aromatic rings. The summed E-state index contributed by atoms with van der Waals surface area (Å²) in [7, 11) is 0. The first-order valence-corrected chi connectivity index (χ1v) is 6.42. The highest BCUT2D eigenvalue weighted by atomic mass is 19.1. The van der Waals surface area contributed by atoms with E-state index in [-0.39, 0.29) is 19.4 Å². The van der Waals surface area contributed by atoms with Crippen LogP contribution in [0.3, 0.4) is 0 Å². The van der Waals surface area contributed by atoms with Crippen LogP contribution in [0.1, 0.15) is 25.3 Å². The van der Waals surface area contributed by atoms with Crippen molar-refractivity contribution in [3.8, 4) is 0 Å².